The van der Waals surface area contributed by atoms with Crippen molar-refractivity contribution in [3.8, 4) is 0 Å². The van der Waals surface area contributed by atoms with E-state index in [1.165, 1.54) is 0 Å². The number of hydrogen-bond acceptors (Lipinski definition) is 4. The number of nitrogens with zero attached hydrogens (tertiary/aromatic N) is 1. The number of aliphatic hydroxyl groups is 2. The van der Waals surface area contributed by atoms with Gasteiger partial charge in [-0.25, -0.2) is 0 Å². The molecule has 1 amide bonds. The van der Waals surface area contributed by atoms with Gasteiger partial charge >= 0.3 is 0 Å². The maximum atomic E-state index is 11.1. The second kappa shape index (κ2) is 5.29. The molecule has 3 N–H and O–H groups in total. The highest BCUT2D eigenvalue weighted by Gasteiger charge is 2.22. The van der Waals surface area contributed by atoms with E-state index in [9.17, 15) is 4.79 Å². The van der Waals surface area contributed by atoms with Crippen LogP contribution in [0.25, 0.3) is 0 Å². The van der Waals surface area contributed by atoms with Gasteiger partial charge in [0, 0.05) is 32.6 Å². The Kier molecular flexibility index (Phi) is 4.31. The van der Waals surface area contributed by atoms with Crippen molar-refractivity contribution >= 4 is 5.91 Å². The van der Waals surface area contributed by atoms with Crippen LogP contribution in [0.2, 0.25) is 0 Å². The Labute approximate surface area is 83.7 Å². The second-order valence-corrected chi connectivity index (χ2v) is 3.75. The van der Waals surface area contributed by atoms with Crippen molar-refractivity contribution in [3.63, 3.8) is 0 Å². The number of hydrogen-bond donors (Lipinski definition) is 3. The minimum absolute atomic E-state index is 0.172. The summed E-state index contributed by atoms with van der Waals surface area (Å²) in [6, 6.07) is 0.235. The Bertz CT molecular complexity index is 198. The van der Waals surface area contributed by atoms with Crippen LogP contribution in [0.3, 0.4) is 0 Å². The molecule has 0 spiro atoms. The van der Waals surface area contributed by atoms with Crippen LogP contribution in [0.15, 0.2) is 0 Å². The van der Waals surface area contributed by atoms with Gasteiger partial charge in [-0.05, 0) is 6.42 Å². The van der Waals surface area contributed by atoms with Crippen LogP contribution in [0.4, 0.5) is 0 Å². The van der Waals surface area contributed by atoms with E-state index in [1.54, 1.807) is 11.9 Å². The van der Waals surface area contributed by atoms with E-state index >= 15 is 0 Å². The fourth-order valence-corrected chi connectivity index (χ4v) is 1.55. The molecule has 5 heteroatoms. The number of aliphatic hydroxyl groups excluding tert-OH is 2. The quantitative estimate of drug-likeness (QED) is 0.521. The monoisotopic (exact) mass is 202 g/mol. The van der Waals surface area contributed by atoms with Gasteiger partial charge in [-0.1, -0.05) is 0 Å². The zero-order valence-corrected chi connectivity index (χ0v) is 8.44. The molecule has 0 aromatic carbocycles. The van der Waals surface area contributed by atoms with E-state index in [1.807, 2.05) is 0 Å². The van der Waals surface area contributed by atoms with Gasteiger partial charge in [0.1, 0.15) is 0 Å². The minimum Gasteiger partial charge on any atom is -0.394 e. The smallest absolute Gasteiger partial charge is 0.222 e. The topological polar surface area (TPSA) is 72.8 Å². The molecule has 0 bridgehead atoms. The highest BCUT2D eigenvalue weighted by Crippen LogP contribution is 2.09. The lowest BCUT2D eigenvalue weighted by Crippen LogP contribution is -2.48. The average molecular weight is 202 g/mol. The van der Waals surface area contributed by atoms with Crippen molar-refractivity contribution in [2.75, 3.05) is 26.7 Å². The summed E-state index contributed by atoms with van der Waals surface area (Å²) in [7, 11) is 1.78. The molecule has 0 aromatic heterocycles. The fourth-order valence-electron chi connectivity index (χ4n) is 1.55. The van der Waals surface area contributed by atoms with Crippen molar-refractivity contribution in [2.24, 2.45) is 0 Å². The normalized spacial score (nSPS) is 25.2. The average Bonchev–Trinajstić information content (AvgIpc) is 2.19. The van der Waals surface area contributed by atoms with Crippen LogP contribution < -0.4 is 5.32 Å². The highest BCUT2D eigenvalue weighted by atomic mass is 16.3. The molecule has 1 aliphatic rings. The molecule has 1 saturated heterocycles. The van der Waals surface area contributed by atoms with Gasteiger partial charge in [0.25, 0.3) is 0 Å². The van der Waals surface area contributed by atoms with Crippen LogP contribution in [0, 0.1) is 0 Å². The molecule has 1 rings (SSSR count). The van der Waals surface area contributed by atoms with Crippen LogP contribution in [0.1, 0.15) is 12.8 Å². The zero-order chi connectivity index (χ0) is 10.6. The molecule has 1 heterocycles. The van der Waals surface area contributed by atoms with Crippen LogP contribution >= 0.6 is 0 Å². The number of piperidine rings is 1. The number of likely N-dealkylation sites (N-methyl/N-ethyl adjacent to an activating group) is 1. The highest BCUT2D eigenvalue weighted by molar-refractivity contribution is 5.76. The van der Waals surface area contributed by atoms with Gasteiger partial charge in [-0.3, -0.25) is 4.79 Å². The molecule has 1 aliphatic heterocycles. The molecule has 82 valence electrons. The summed E-state index contributed by atoms with van der Waals surface area (Å²) in [6.45, 7) is 0.828. The first-order valence-corrected chi connectivity index (χ1v) is 4.89. The first-order chi connectivity index (χ1) is 6.63. The number of rotatable bonds is 4. The first-order valence-electron chi connectivity index (χ1n) is 4.89. The number of likely N-dealkylation sites (tertiary alicyclic amines) is 1. The van der Waals surface area contributed by atoms with Crippen LogP contribution in [-0.4, -0.2) is 59.9 Å². The molecule has 0 aromatic rings. The predicted molar refractivity (Wildman–Crippen MR) is 51.8 cm³/mol. The summed E-state index contributed by atoms with van der Waals surface area (Å²) in [5.41, 5.74) is 0. The Morgan fingerprint density at radius 1 is 1.71 bits per heavy atom. The Morgan fingerprint density at radius 3 is 3.00 bits per heavy atom. The SMILES string of the molecule is CN1CC(NC[C@H](O)CO)CCC1=O. The first kappa shape index (κ1) is 11.4. The molecule has 0 aliphatic carbocycles. The molecule has 5 nitrogen and oxygen atoms in total. The van der Waals surface area contributed by atoms with Gasteiger partial charge in [-0.15, -0.1) is 0 Å². The van der Waals surface area contributed by atoms with Crippen molar-refractivity contribution in [3.05, 3.63) is 0 Å². The van der Waals surface area contributed by atoms with E-state index in [2.05, 4.69) is 5.32 Å². The van der Waals surface area contributed by atoms with Gasteiger partial charge in [-0.2, -0.15) is 0 Å². The van der Waals surface area contributed by atoms with Crippen molar-refractivity contribution in [2.45, 2.75) is 25.0 Å². The van der Waals surface area contributed by atoms with Crippen LogP contribution in [0.5, 0.6) is 0 Å². The summed E-state index contributed by atoms with van der Waals surface area (Å²) < 4.78 is 0. The third-order valence-corrected chi connectivity index (χ3v) is 2.48. The van der Waals surface area contributed by atoms with Crippen molar-refractivity contribution in [1.29, 1.82) is 0 Å². The van der Waals surface area contributed by atoms with Gasteiger partial charge in [0.05, 0.1) is 12.7 Å². The third-order valence-electron chi connectivity index (χ3n) is 2.48. The number of carbonyl (C=O) groups is 1. The lowest BCUT2D eigenvalue weighted by Gasteiger charge is -2.30. The van der Waals surface area contributed by atoms with E-state index in [0.29, 0.717) is 19.5 Å². The molecule has 0 radical (unpaired) electrons. The van der Waals surface area contributed by atoms with E-state index in [0.717, 1.165) is 6.42 Å². The minimum atomic E-state index is -0.710. The van der Waals surface area contributed by atoms with Crippen molar-refractivity contribution < 1.29 is 15.0 Å². The number of amides is 1. The zero-order valence-electron chi connectivity index (χ0n) is 8.44. The summed E-state index contributed by atoms with van der Waals surface area (Å²) >= 11 is 0. The molecule has 0 saturated carbocycles. The summed E-state index contributed by atoms with van der Waals surface area (Å²) in [5, 5.41) is 20.8. The van der Waals surface area contributed by atoms with Gasteiger partial charge < -0.3 is 20.4 Å². The van der Waals surface area contributed by atoms with E-state index < -0.39 is 6.10 Å². The lowest BCUT2D eigenvalue weighted by molar-refractivity contribution is -0.132. The molecule has 14 heavy (non-hydrogen) atoms. The van der Waals surface area contributed by atoms with E-state index in [4.69, 9.17) is 10.2 Å². The Morgan fingerprint density at radius 2 is 2.43 bits per heavy atom. The molecule has 1 fully saturated rings. The predicted octanol–water partition coefficient (Wildman–Crippen LogP) is -1.45. The Hall–Kier alpha value is -0.650. The largest absolute Gasteiger partial charge is 0.394 e. The molecular weight excluding hydrogens is 184 g/mol. The summed E-state index contributed by atoms with van der Waals surface area (Å²) in [6.07, 6.45) is 0.656. The summed E-state index contributed by atoms with van der Waals surface area (Å²) in [4.78, 5) is 12.8. The van der Waals surface area contributed by atoms with Crippen LogP contribution in [-0.2, 0) is 4.79 Å². The second-order valence-electron chi connectivity index (χ2n) is 3.75. The Balaban J connectivity index is 2.23. The van der Waals surface area contributed by atoms with Gasteiger partial charge in [0.2, 0.25) is 5.91 Å². The molecule has 1 unspecified atom stereocenters. The maximum Gasteiger partial charge on any atom is 0.222 e. The van der Waals surface area contributed by atoms with E-state index in [-0.39, 0.29) is 18.6 Å². The molecule has 2 atom stereocenters. The van der Waals surface area contributed by atoms with Gasteiger partial charge in [0.15, 0.2) is 0 Å². The summed E-state index contributed by atoms with van der Waals surface area (Å²) in [5.74, 6) is 0.172. The number of carbonyl (C=O) groups excluding carboxylic acids is 1. The fraction of sp³-hybridized carbons (Fsp3) is 0.889. The molecular formula is C9H18N2O3. The number of nitrogens with one attached hydrogen (secondary N) is 1. The lowest BCUT2D eigenvalue weighted by atomic mass is 10.1. The standard InChI is InChI=1S/C9H18N2O3/c1-11-5-7(2-3-9(11)14)10-4-8(13)6-12/h7-8,10,12-13H,2-6H2,1H3/t7?,8-/m0/s1. The maximum absolute atomic E-state index is 11.1. The third kappa shape index (κ3) is 3.25. The van der Waals surface area contributed by atoms with Crippen molar-refractivity contribution in [1.82, 2.24) is 10.2 Å².